The van der Waals surface area contributed by atoms with Crippen molar-refractivity contribution in [2.45, 2.75) is 38.8 Å². The van der Waals surface area contributed by atoms with Crippen molar-refractivity contribution in [1.82, 2.24) is 9.88 Å². The highest BCUT2D eigenvalue weighted by Crippen LogP contribution is 2.32. The molecule has 0 N–H and O–H groups in total. The predicted octanol–water partition coefficient (Wildman–Crippen LogP) is 3.27. The fourth-order valence-corrected chi connectivity index (χ4v) is 3.89. The van der Waals surface area contributed by atoms with Gasteiger partial charge in [-0.05, 0) is 55.1 Å². The third-order valence-corrected chi connectivity index (χ3v) is 5.25. The van der Waals surface area contributed by atoms with E-state index >= 15 is 0 Å². The van der Waals surface area contributed by atoms with Gasteiger partial charge in [0.05, 0.1) is 0 Å². The molecule has 1 unspecified atom stereocenters. The molecule has 0 radical (unpaired) electrons. The number of nitrogens with zero attached hydrogens (tertiary/aromatic N) is 3. The fraction of sp³-hybridized carbons (Fsp3) is 0.400. The summed E-state index contributed by atoms with van der Waals surface area (Å²) in [4.78, 5) is 22.0. The average Bonchev–Trinajstić information content (AvgIpc) is 3.00. The van der Waals surface area contributed by atoms with Crippen molar-refractivity contribution in [3.05, 3.63) is 59.4 Å². The largest absolute Gasteiger partial charge is 0.305 e. The summed E-state index contributed by atoms with van der Waals surface area (Å²) < 4.78 is 0. The molecule has 2 aromatic rings. The van der Waals surface area contributed by atoms with Crippen LogP contribution < -0.4 is 4.90 Å². The molecule has 124 valence electrons. The number of pyridine rings is 1. The highest BCUT2D eigenvalue weighted by Gasteiger charge is 2.34. The van der Waals surface area contributed by atoms with Crippen molar-refractivity contribution in [2.75, 3.05) is 18.0 Å². The third-order valence-electron chi connectivity index (χ3n) is 5.25. The van der Waals surface area contributed by atoms with Gasteiger partial charge in [0.2, 0.25) is 0 Å². The van der Waals surface area contributed by atoms with Crippen molar-refractivity contribution in [3.63, 3.8) is 0 Å². The standard InChI is InChI=1S/C20H23N3O/c1-2-15-9-10-21-18(12-15)20(24)23-14-17-7-5-11-22(17)13-16-6-3-4-8-19(16)23/h3-4,6,8-10,12,17H,2,5,7,11,13-14H2,1H3. The molecule has 4 nitrogen and oxygen atoms in total. The Kier molecular flexibility index (Phi) is 4.07. The molecular formula is C20H23N3O. The number of hydrogen-bond donors (Lipinski definition) is 0. The summed E-state index contributed by atoms with van der Waals surface area (Å²) in [6, 6.07) is 12.7. The summed E-state index contributed by atoms with van der Waals surface area (Å²) in [5, 5.41) is 0. The molecule has 24 heavy (non-hydrogen) atoms. The predicted molar refractivity (Wildman–Crippen MR) is 95.2 cm³/mol. The highest BCUT2D eigenvalue weighted by atomic mass is 16.2. The Morgan fingerprint density at radius 2 is 2.17 bits per heavy atom. The number of anilines is 1. The van der Waals surface area contributed by atoms with Crippen molar-refractivity contribution in [3.8, 4) is 0 Å². The van der Waals surface area contributed by atoms with Crippen LogP contribution in [0.15, 0.2) is 42.6 Å². The number of aryl methyl sites for hydroxylation is 1. The monoisotopic (exact) mass is 321 g/mol. The molecule has 0 bridgehead atoms. The molecule has 0 spiro atoms. The lowest BCUT2D eigenvalue weighted by molar-refractivity contribution is 0.0976. The third kappa shape index (κ3) is 2.71. The zero-order valence-corrected chi connectivity index (χ0v) is 14.1. The molecule has 1 amide bonds. The van der Waals surface area contributed by atoms with Crippen molar-refractivity contribution < 1.29 is 4.79 Å². The van der Waals surface area contributed by atoms with Crippen LogP contribution in [0.25, 0.3) is 0 Å². The van der Waals surface area contributed by atoms with E-state index in [-0.39, 0.29) is 5.91 Å². The van der Waals surface area contributed by atoms with Gasteiger partial charge in [0.25, 0.3) is 5.91 Å². The lowest BCUT2D eigenvalue weighted by Crippen LogP contribution is -2.40. The minimum atomic E-state index is 0.0199. The smallest absolute Gasteiger partial charge is 0.276 e. The van der Waals surface area contributed by atoms with Crippen LogP contribution >= 0.6 is 0 Å². The van der Waals surface area contributed by atoms with Crippen LogP contribution in [0.4, 0.5) is 5.69 Å². The van der Waals surface area contributed by atoms with E-state index in [1.54, 1.807) is 6.20 Å². The minimum absolute atomic E-state index is 0.0199. The van der Waals surface area contributed by atoms with Crippen LogP contribution in [-0.4, -0.2) is 34.9 Å². The second-order valence-corrected chi connectivity index (χ2v) is 6.71. The Labute approximate surface area is 143 Å². The van der Waals surface area contributed by atoms with Gasteiger partial charge in [0, 0.05) is 31.0 Å². The number of benzene rings is 1. The maximum Gasteiger partial charge on any atom is 0.276 e. The quantitative estimate of drug-likeness (QED) is 0.852. The Balaban J connectivity index is 1.73. The lowest BCUT2D eigenvalue weighted by atomic mass is 10.1. The topological polar surface area (TPSA) is 36.4 Å². The average molecular weight is 321 g/mol. The van der Waals surface area contributed by atoms with Gasteiger partial charge in [-0.25, -0.2) is 0 Å². The van der Waals surface area contributed by atoms with Crippen LogP contribution in [0.1, 0.15) is 41.4 Å². The van der Waals surface area contributed by atoms with Crippen molar-refractivity contribution in [1.29, 1.82) is 0 Å². The van der Waals surface area contributed by atoms with E-state index in [1.807, 2.05) is 23.1 Å². The molecule has 1 atom stereocenters. The number of para-hydroxylation sites is 1. The first kappa shape index (κ1) is 15.3. The van der Waals surface area contributed by atoms with Crippen molar-refractivity contribution >= 4 is 11.6 Å². The summed E-state index contributed by atoms with van der Waals surface area (Å²) in [6.45, 7) is 4.92. The second-order valence-electron chi connectivity index (χ2n) is 6.71. The van der Waals surface area contributed by atoms with Crippen LogP contribution in [0.3, 0.4) is 0 Å². The highest BCUT2D eigenvalue weighted by molar-refractivity contribution is 6.05. The molecule has 1 aromatic carbocycles. The zero-order chi connectivity index (χ0) is 16.5. The van der Waals surface area contributed by atoms with Crippen molar-refractivity contribution in [2.24, 2.45) is 0 Å². The zero-order valence-electron chi connectivity index (χ0n) is 14.1. The van der Waals surface area contributed by atoms with Gasteiger partial charge >= 0.3 is 0 Å². The maximum absolute atomic E-state index is 13.2. The van der Waals surface area contributed by atoms with E-state index < -0.39 is 0 Å². The maximum atomic E-state index is 13.2. The van der Waals surface area contributed by atoms with E-state index in [0.717, 1.165) is 37.3 Å². The molecule has 1 aromatic heterocycles. The van der Waals surface area contributed by atoms with Gasteiger partial charge < -0.3 is 4.90 Å². The Morgan fingerprint density at radius 1 is 1.29 bits per heavy atom. The number of amides is 1. The van der Waals surface area contributed by atoms with Gasteiger partial charge in [-0.3, -0.25) is 14.7 Å². The summed E-state index contributed by atoms with van der Waals surface area (Å²) in [7, 11) is 0. The second kappa shape index (κ2) is 6.36. The van der Waals surface area contributed by atoms with E-state index in [4.69, 9.17) is 0 Å². The summed E-state index contributed by atoms with van der Waals surface area (Å²) in [5.74, 6) is 0.0199. The van der Waals surface area contributed by atoms with E-state index in [2.05, 4.69) is 35.0 Å². The van der Waals surface area contributed by atoms with E-state index in [1.165, 1.54) is 18.4 Å². The van der Waals surface area contributed by atoms with Gasteiger partial charge in [-0.15, -0.1) is 0 Å². The summed E-state index contributed by atoms with van der Waals surface area (Å²) in [5.41, 5.74) is 3.98. The van der Waals surface area contributed by atoms with Crippen LogP contribution in [0.5, 0.6) is 0 Å². The molecule has 0 aliphatic carbocycles. The molecule has 1 saturated heterocycles. The van der Waals surface area contributed by atoms with Gasteiger partial charge in [0.1, 0.15) is 5.69 Å². The lowest BCUT2D eigenvalue weighted by Gasteiger charge is -2.26. The normalized spacial score (nSPS) is 20.4. The Bertz CT molecular complexity index is 758. The first-order valence-electron chi connectivity index (χ1n) is 8.85. The SMILES string of the molecule is CCc1ccnc(C(=O)N2CC3CCCN3Cc3ccccc32)c1. The number of aromatic nitrogens is 1. The number of carbonyl (C=O) groups is 1. The van der Waals surface area contributed by atoms with Crippen LogP contribution in [0.2, 0.25) is 0 Å². The Hall–Kier alpha value is -2.20. The molecule has 3 heterocycles. The summed E-state index contributed by atoms with van der Waals surface area (Å²) in [6.07, 6.45) is 5.05. The molecule has 2 aliphatic rings. The van der Waals surface area contributed by atoms with E-state index in [0.29, 0.717) is 11.7 Å². The van der Waals surface area contributed by atoms with Gasteiger partial charge in [-0.1, -0.05) is 25.1 Å². The molecule has 1 fully saturated rings. The number of fused-ring (bicyclic) bond motifs is 2. The molecule has 0 saturated carbocycles. The van der Waals surface area contributed by atoms with Crippen LogP contribution in [-0.2, 0) is 13.0 Å². The number of hydrogen-bond acceptors (Lipinski definition) is 3. The van der Waals surface area contributed by atoms with E-state index in [9.17, 15) is 4.79 Å². The number of rotatable bonds is 2. The summed E-state index contributed by atoms with van der Waals surface area (Å²) >= 11 is 0. The Morgan fingerprint density at radius 3 is 3.04 bits per heavy atom. The molecular weight excluding hydrogens is 298 g/mol. The molecule has 4 rings (SSSR count). The van der Waals surface area contributed by atoms with Gasteiger partial charge in [-0.2, -0.15) is 0 Å². The first-order valence-corrected chi connectivity index (χ1v) is 8.85. The van der Waals surface area contributed by atoms with Crippen LogP contribution in [0, 0.1) is 0 Å². The van der Waals surface area contributed by atoms with Gasteiger partial charge in [0.15, 0.2) is 0 Å². The molecule has 2 aliphatic heterocycles. The molecule has 4 heteroatoms. The first-order chi connectivity index (χ1) is 11.8. The number of carbonyl (C=O) groups excluding carboxylic acids is 1. The minimum Gasteiger partial charge on any atom is -0.305 e. The fourth-order valence-electron chi connectivity index (χ4n) is 3.89.